The number of aryl methyl sites for hydroxylation is 2. The van der Waals surface area contributed by atoms with E-state index in [0.717, 1.165) is 35.5 Å². The van der Waals surface area contributed by atoms with Crippen LogP contribution in [0.2, 0.25) is 5.02 Å². The molecule has 0 atom stereocenters. The Morgan fingerprint density at radius 3 is 2.61 bits per heavy atom. The molecule has 1 amide bonds. The van der Waals surface area contributed by atoms with E-state index in [-0.39, 0.29) is 18.5 Å². The molecule has 1 fully saturated rings. The first-order valence-corrected chi connectivity index (χ1v) is 12.2. The van der Waals surface area contributed by atoms with Crippen LogP contribution < -0.4 is 0 Å². The van der Waals surface area contributed by atoms with Gasteiger partial charge in [-0.2, -0.15) is 0 Å². The molecule has 2 aromatic heterocycles. The zero-order valence-electron chi connectivity index (χ0n) is 18.4. The molecule has 2 aromatic carbocycles. The second-order valence-corrected chi connectivity index (χ2v) is 9.54. The molecule has 2 heterocycles. The van der Waals surface area contributed by atoms with Crippen molar-refractivity contribution >= 4 is 28.8 Å². The van der Waals surface area contributed by atoms with E-state index in [9.17, 15) is 4.79 Å². The second-order valence-electron chi connectivity index (χ2n) is 8.13. The van der Waals surface area contributed by atoms with Gasteiger partial charge in [0, 0.05) is 11.6 Å². The molecule has 4 aromatic rings. The van der Waals surface area contributed by atoms with Crippen LogP contribution in [0.1, 0.15) is 46.6 Å². The van der Waals surface area contributed by atoms with Gasteiger partial charge in [-0.15, -0.1) is 21.5 Å². The maximum Gasteiger partial charge on any atom is 0.266 e. The van der Waals surface area contributed by atoms with Gasteiger partial charge in [0.25, 0.3) is 5.91 Å². The second kappa shape index (κ2) is 9.08. The molecule has 8 heteroatoms. The summed E-state index contributed by atoms with van der Waals surface area (Å²) in [7, 11) is 0. The lowest BCUT2D eigenvalue weighted by molar-refractivity contribution is 0.0718. The number of amides is 1. The topological polar surface area (TPSA) is 72.1 Å². The first-order chi connectivity index (χ1) is 16.0. The fourth-order valence-corrected chi connectivity index (χ4v) is 4.94. The molecule has 0 saturated heterocycles. The molecule has 0 spiro atoms. The monoisotopic (exact) mass is 478 g/mol. The summed E-state index contributed by atoms with van der Waals surface area (Å²) in [6.07, 6.45) is 2.94. The van der Waals surface area contributed by atoms with Crippen LogP contribution in [0.3, 0.4) is 0 Å². The van der Waals surface area contributed by atoms with Gasteiger partial charge in [-0.25, -0.2) is 4.98 Å². The number of rotatable bonds is 7. The molecule has 168 valence electrons. The molecule has 33 heavy (non-hydrogen) atoms. The molecule has 6 nitrogen and oxygen atoms in total. The molecular formula is C25H23ClN4O2S. The summed E-state index contributed by atoms with van der Waals surface area (Å²) in [6, 6.07) is 15.9. The molecule has 0 bridgehead atoms. The molecular weight excluding hydrogens is 456 g/mol. The third-order valence-electron chi connectivity index (χ3n) is 5.73. The highest BCUT2D eigenvalue weighted by atomic mass is 35.5. The number of halogens is 1. The lowest BCUT2D eigenvalue weighted by atomic mass is 10.1. The number of carbonyl (C=O) groups is 1. The van der Waals surface area contributed by atoms with Crippen LogP contribution in [0.25, 0.3) is 22.0 Å². The Balaban J connectivity index is 1.38. The van der Waals surface area contributed by atoms with Crippen molar-refractivity contribution < 1.29 is 9.21 Å². The first-order valence-electron chi connectivity index (χ1n) is 11.0. The zero-order valence-corrected chi connectivity index (χ0v) is 20.0. The average Bonchev–Trinajstić information content (AvgIpc) is 3.44. The van der Waals surface area contributed by atoms with Crippen molar-refractivity contribution in [3.05, 3.63) is 75.6 Å². The van der Waals surface area contributed by atoms with Crippen molar-refractivity contribution in [3.63, 3.8) is 0 Å². The number of hydrogen-bond acceptors (Lipinski definition) is 6. The standard InChI is InChI=1S/C25H23ClN4O2S/c1-3-16-8-10-17(11-9-16)24-27-15(2)22(33-24)25(31)30(18-12-13-18)14-21-28-29-23(32-21)19-6-4-5-7-20(19)26/h4-11,18H,3,12-14H2,1-2H3. The SMILES string of the molecule is CCc1ccc(-c2nc(C)c(C(=O)N(Cc3nnc(-c4ccccc4Cl)o3)C3CC3)s2)cc1. The van der Waals surface area contributed by atoms with E-state index in [4.69, 9.17) is 16.0 Å². The Kier molecular flexibility index (Phi) is 6.00. The van der Waals surface area contributed by atoms with Crippen LogP contribution in [0.4, 0.5) is 0 Å². The predicted octanol–water partition coefficient (Wildman–Crippen LogP) is 6.19. The van der Waals surface area contributed by atoms with E-state index in [1.54, 1.807) is 6.07 Å². The molecule has 0 unspecified atom stereocenters. The maximum absolute atomic E-state index is 13.5. The van der Waals surface area contributed by atoms with E-state index >= 15 is 0 Å². The summed E-state index contributed by atoms with van der Waals surface area (Å²) >= 11 is 7.69. The summed E-state index contributed by atoms with van der Waals surface area (Å²) in [5, 5.41) is 9.71. The minimum atomic E-state index is -0.0404. The number of benzene rings is 2. The summed E-state index contributed by atoms with van der Waals surface area (Å²) in [4.78, 5) is 20.7. The number of aromatic nitrogens is 3. The maximum atomic E-state index is 13.5. The van der Waals surface area contributed by atoms with Crippen molar-refractivity contribution in [2.45, 2.75) is 45.7 Å². The van der Waals surface area contributed by atoms with Crippen LogP contribution in [0.15, 0.2) is 52.9 Å². The summed E-state index contributed by atoms with van der Waals surface area (Å²) < 4.78 is 5.86. The van der Waals surface area contributed by atoms with E-state index in [0.29, 0.717) is 27.2 Å². The van der Waals surface area contributed by atoms with Crippen LogP contribution in [0.5, 0.6) is 0 Å². The van der Waals surface area contributed by atoms with Gasteiger partial charge in [-0.3, -0.25) is 4.79 Å². The van der Waals surface area contributed by atoms with Crippen LogP contribution in [-0.2, 0) is 13.0 Å². The van der Waals surface area contributed by atoms with E-state index < -0.39 is 0 Å². The van der Waals surface area contributed by atoms with Gasteiger partial charge in [0.05, 0.1) is 22.8 Å². The lowest BCUT2D eigenvalue weighted by Crippen LogP contribution is -2.32. The Bertz CT molecular complexity index is 1290. The Hall–Kier alpha value is -3.03. The minimum absolute atomic E-state index is 0.0404. The van der Waals surface area contributed by atoms with Gasteiger partial charge < -0.3 is 9.32 Å². The fraction of sp³-hybridized carbons (Fsp3) is 0.280. The third-order valence-corrected chi connectivity index (χ3v) is 7.25. The Morgan fingerprint density at radius 2 is 1.91 bits per heavy atom. The predicted molar refractivity (Wildman–Crippen MR) is 129 cm³/mol. The van der Waals surface area contributed by atoms with Gasteiger partial charge in [0.2, 0.25) is 11.8 Å². The van der Waals surface area contributed by atoms with Gasteiger partial charge in [0.15, 0.2) is 0 Å². The van der Waals surface area contributed by atoms with E-state index in [1.807, 2.05) is 30.0 Å². The molecule has 1 aliphatic carbocycles. The average molecular weight is 479 g/mol. The van der Waals surface area contributed by atoms with Crippen molar-refractivity contribution in [1.82, 2.24) is 20.1 Å². The van der Waals surface area contributed by atoms with Crippen molar-refractivity contribution in [2.24, 2.45) is 0 Å². The van der Waals surface area contributed by atoms with Crippen LogP contribution in [0, 0.1) is 6.92 Å². The van der Waals surface area contributed by atoms with Crippen molar-refractivity contribution in [2.75, 3.05) is 0 Å². The lowest BCUT2D eigenvalue weighted by Gasteiger charge is -2.19. The summed E-state index contributed by atoms with van der Waals surface area (Å²) in [5.74, 6) is 0.703. The van der Waals surface area contributed by atoms with E-state index in [1.165, 1.54) is 16.9 Å². The van der Waals surface area contributed by atoms with E-state index in [2.05, 4.69) is 46.4 Å². The quantitative estimate of drug-likeness (QED) is 0.316. The Morgan fingerprint density at radius 1 is 1.15 bits per heavy atom. The molecule has 0 radical (unpaired) electrons. The molecule has 1 saturated carbocycles. The van der Waals surface area contributed by atoms with Gasteiger partial charge in [0.1, 0.15) is 9.88 Å². The Labute approximate surface area is 201 Å². The molecule has 0 N–H and O–H groups in total. The number of hydrogen-bond donors (Lipinski definition) is 0. The third kappa shape index (κ3) is 4.56. The van der Waals surface area contributed by atoms with Crippen LogP contribution in [-0.4, -0.2) is 32.0 Å². The van der Waals surface area contributed by atoms with Crippen molar-refractivity contribution in [1.29, 1.82) is 0 Å². The highest BCUT2D eigenvalue weighted by molar-refractivity contribution is 7.17. The number of nitrogens with zero attached hydrogens (tertiary/aromatic N) is 4. The first kappa shape index (κ1) is 21.8. The van der Waals surface area contributed by atoms with Crippen molar-refractivity contribution in [3.8, 4) is 22.0 Å². The zero-order chi connectivity index (χ0) is 22.9. The highest BCUT2D eigenvalue weighted by Gasteiger charge is 2.36. The number of thiazole rings is 1. The number of carbonyl (C=O) groups excluding carboxylic acids is 1. The fourth-order valence-electron chi connectivity index (χ4n) is 3.69. The largest absolute Gasteiger partial charge is 0.419 e. The highest BCUT2D eigenvalue weighted by Crippen LogP contribution is 2.34. The van der Waals surface area contributed by atoms with Gasteiger partial charge in [-0.1, -0.05) is 54.9 Å². The smallest absolute Gasteiger partial charge is 0.266 e. The van der Waals surface area contributed by atoms with Gasteiger partial charge in [-0.05, 0) is 43.9 Å². The summed E-state index contributed by atoms with van der Waals surface area (Å²) in [6.45, 7) is 4.28. The molecule has 0 aliphatic heterocycles. The molecule has 1 aliphatic rings. The summed E-state index contributed by atoms with van der Waals surface area (Å²) in [5.41, 5.74) is 3.73. The van der Waals surface area contributed by atoms with Crippen LogP contribution >= 0.6 is 22.9 Å². The molecule has 5 rings (SSSR count). The van der Waals surface area contributed by atoms with Gasteiger partial charge >= 0.3 is 0 Å². The normalized spacial score (nSPS) is 13.3. The minimum Gasteiger partial charge on any atom is -0.419 e.